The molecule has 0 aliphatic carbocycles. The Labute approximate surface area is 137 Å². The van der Waals surface area contributed by atoms with Gasteiger partial charge in [-0.1, -0.05) is 25.1 Å². The van der Waals surface area contributed by atoms with Crippen molar-refractivity contribution < 1.29 is 24.0 Å². The molecule has 2 unspecified atom stereocenters. The SMILES string of the molecule is CC1CCC[P+](CI)(c2ccccc2)CC1.[I-]. The third kappa shape index (κ3) is 4.04. The van der Waals surface area contributed by atoms with Crippen LogP contribution in [-0.4, -0.2) is 16.5 Å². The molecule has 0 spiro atoms. The Balaban J connectivity index is 0.00000144. The highest BCUT2D eigenvalue weighted by Crippen LogP contribution is 2.61. The van der Waals surface area contributed by atoms with Gasteiger partial charge in [-0.05, 0) is 59.9 Å². The van der Waals surface area contributed by atoms with Crippen LogP contribution in [0.4, 0.5) is 0 Å². The fraction of sp³-hybridized carbons (Fsp3) is 0.571. The van der Waals surface area contributed by atoms with Crippen LogP contribution < -0.4 is 29.3 Å². The van der Waals surface area contributed by atoms with Crippen molar-refractivity contribution in [2.45, 2.75) is 26.2 Å². The average Bonchev–Trinajstić information content (AvgIpc) is 2.53. The topological polar surface area (TPSA) is 0 Å². The molecule has 0 N–H and O–H groups in total. The second kappa shape index (κ2) is 7.64. The average molecular weight is 474 g/mol. The second-order valence-electron chi connectivity index (χ2n) is 5.08. The first kappa shape index (κ1) is 16.2. The quantitative estimate of drug-likeness (QED) is 0.347. The molecular formula is C14H21I2P. The van der Waals surface area contributed by atoms with Crippen molar-refractivity contribution in [1.82, 2.24) is 0 Å². The lowest BCUT2D eigenvalue weighted by atomic mass is 10.0. The number of benzene rings is 1. The Hall–Kier alpha value is 1.11. The summed E-state index contributed by atoms with van der Waals surface area (Å²) in [6.07, 6.45) is 7.33. The van der Waals surface area contributed by atoms with Crippen LogP contribution in [-0.2, 0) is 0 Å². The Bertz CT molecular complexity index is 328. The predicted octanol–water partition coefficient (Wildman–Crippen LogP) is 1.55. The summed E-state index contributed by atoms with van der Waals surface area (Å²) in [7, 11) is -0.818. The fourth-order valence-corrected chi connectivity index (χ4v) is 9.53. The Kier molecular flexibility index (Phi) is 7.26. The van der Waals surface area contributed by atoms with Gasteiger partial charge in [0, 0.05) is 0 Å². The molecule has 1 aromatic rings. The highest BCUT2D eigenvalue weighted by atomic mass is 127. The molecule has 1 aliphatic rings. The van der Waals surface area contributed by atoms with Crippen LogP contribution in [0.5, 0.6) is 0 Å². The molecule has 0 radical (unpaired) electrons. The molecule has 17 heavy (non-hydrogen) atoms. The summed E-state index contributed by atoms with van der Waals surface area (Å²) in [5, 5.41) is 1.68. The van der Waals surface area contributed by atoms with E-state index < -0.39 is 7.26 Å². The Morgan fingerprint density at radius 3 is 2.53 bits per heavy atom. The Morgan fingerprint density at radius 1 is 1.18 bits per heavy atom. The van der Waals surface area contributed by atoms with Crippen LogP contribution in [0.15, 0.2) is 30.3 Å². The molecule has 1 aromatic carbocycles. The number of hydrogen-bond donors (Lipinski definition) is 0. The van der Waals surface area contributed by atoms with Gasteiger partial charge in [0.05, 0.1) is 24.9 Å². The van der Waals surface area contributed by atoms with Gasteiger partial charge in [-0.25, -0.2) is 0 Å². The molecule has 96 valence electrons. The third-order valence-corrected chi connectivity index (χ3v) is 11.9. The second-order valence-corrected chi connectivity index (χ2v) is 11.1. The maximum atomic E-state index is 2.64. The largest absolute Gasteiger partial charge is 1.00 e. The first-order valence-electron chi connectivity index (χ1n) is 6.24. The van der Waals surface area contributed by atoms with Crippen molar-refractivity contribution >= 4 is 35.2 Å². The van der Waals surface area contributed by atoms with Gasteiger partial charge in [0.1, 0.15) is 4.17 Å². The molecule has 1 fully saturated rings. The van der Waals surface area contributed by atoms with E-state index in [9.17, 15) is 0 Å². The molecular weight excluding hydrogens is 453 g/mol. The van der Waals surface area contributed by atoms with E-state index >= 15 is 0 Å². The van der Waals surface area contributed by atoms with Gasteiger partial charge in [0.25, 0.3) is 0 Å². The summed E-state index contributed by atoms with van der Waals surface area (Å²) in [6.45, 7) is 2.43. The van der Waals surface area contributed by atoms with Crippen molar-refractivity contribution in [3.05, 3.63) is 30.3 Å². The van der Waals surface area contributed by atoms with Gasteiger partial charge in [0.15, 0.2) is 0 Å². The number of hydrogen-bond acceptors (Lipinski definition) is 0. The van der Waals surface area contributed by atoms with E-state index in [2.05, 4.69) is 59.8 Å². The fourth-order valence-electron chi connectivity index (χ4n) is 2.66. The molecule has 0 bridgehead atoms. The smallest absolute Gasteiger partial charge is 0.114 e. The van der Waals surface area contributed by atoms with Crippen LogP contribution in [0.25, 0.3) is 0 Å². The molecule has 0 saturated carbocycles. The zero-order chi connectivity index (χ0) is 11.4. The summed E-state index contributed by atoms with van der Waals surface area (Å²) >= 11 is 2.64. The van der Waals surface area contributed by atoms with E-state index in [0.717, 1.165) is 5.92 Å². The molecule has 0 amide bonds. The summed E-state index contributed by atoms with van der Waals surface area (Å²) in [6, 6.07) is 11.3. The zero-order valence-corrected chi connectivity index (χ0v) is 15.6. The van der Waals surface area contributed by atoms with Gasteiger partial charge < -0.3 is 24.0 Å². The van der Waals surface area contributed by atoms with Crippen LogP contribution in [0.3, 0.4) is 0 Å². The van der Waals surface area contributed by atoms with Gasteiger partial charge in [-0.3, -0.25) is 0 Å². The lowest BCUT2D eigenvalue weighted by molar-refractivity contribution is -0.00000332. The minimum absolute atomic E-state index is 0. The van der Waals surface area contributed by atoms with Crippen molar-refractivity contribution in [3.8, 4) is 0 Å². The summed E-state index contributed by atoms with van der Waals surface area (Å²) in [4.78, 5) is 0. The highest BCUT2D eigenvalue weighted by molar-refractivity contribution is 14.1. The van der Waals surface area contributed by atoms with Crippen LogP contribution in [0, 0.1) is 5.92 Å². The first-order valence-corrected chi connectivity index (χ1v) is 10.1. The van der Waals surface area contributed by atoms with Gasteiger partial charge in [0.2, 0.25) is 0 Å². The normalized spacial score (nSPS) is 29.2. The molecule has 2 atom stereocenters. The molecule has 2 rings (SSSR count). The monoisotopic (exact) mass is 474 g/mol. The van der Waals surface area contributed by atoms with Gasteiger partial charge >= 0.3 is 0 Å². The highest BCUT2D eigenvalue weighted by Gasteiger charge is 2.39. The summed E-state index contributed by atoms with van der Waals surface area (Å²) in [5.74, 6) is 0.952. The molecule has 0 nitrogen and oxygen atoms in total. The summed E-state index contributed by atoms with van der Waals surface area (Å²) < 4.78 is 1.38. The first-order chi connectivity index (χ1) is 7.77. The lowest BCUT2D eigenvalue weighted by Gasteiger charge is -2.23. The van der Waals surface area contributed by atoms with Crippen molar-refractivity contribution in [2.24, 2.45) is 5.92 Å². The Morgan fingerprint density at radius 2 is 1.88 bits per heavy atom. The summed E-state index contributed by atoms with van der Waals surface area (Å²) in [5.41, 5.74) is 0. The maximum absolute atomic E-state index is 2.64. The molecule has 1 aliphatic heterocycles. The van der Waals surface area contributed by atoms with E-state index in [-0.39, 0.29) is 24.0 Å². The van der Waals surface area contributed by atoms with Crippen molar-refractivity contribution in [2.75, 3.05) is 16.5 Å². The van der Waals surface area contributed by atoms with Crippen LogP contribution in [0.2, 0.25) is 0 Å². The molecule has 1 heterocycles. The standard InChI is InChI=1S/C14H21IP.HI/c1-13-6-5-10-16(12-15,11-9-13)14-7-3-2-4-8-14;/h2-4,7-8,13H,5-6,9-12H2,1H3;1H/q+1;/p-1. The maximum Gasteiger partial charge on any atom is 0.114 e. The number of rotatable bonds is 2. The van der Waals surface area contributed by atoms with Gasteiger partial charge in [-0.2, -0.15) is 0 Å². The third-order valence-electron chi connectivity index (χ3n) is 3.87. The van der Waals surface area contributed by atoms with Crippen LogP contribution >= 0.6 is 29.9 Å². The van der Waals surface area contributed by atoms with E-state index in [4.69, 9.17) is 0 Å². The van der Waals surface area contributed by atoms with E-state index in [1.54, 1.807) is 5.30 Å². The van der Waals surface area contributed by atoms with Gasteiger partial charge in [-0.15, -0.1) is 0 Å². The number of halogens is 2. The van der Waals surface area contributed by atoms with E-state index in [1.165, 1.54) is 35.8 Å². The van der Waals surface area contributed by atoms with E-state index in [1.807, 2.05) is 0 Å². The van der Waals surface area contributed by atoms with Crippen LogP contribution in [0.1, 0.15) is 26.2 Å². The number of alkyl halides is 1. The molecule has 1 saturated heterocycles. The van der Waals surface area contributed by atoms with Crippen molar-refractivity contribution in [3.63, 3.8) is 0 Å². The molecule has 0 aromatic heterocycles. The minimum Gasteiger partial charge on any atom is -1.00 e. The van der Waals surface area contributed by atoms with E-state index in [0.29, 0.717) is 0 Å². The van der Waals surface area contributed by atoms with Crippen molar-refractivity contribution in [1.29, 1.82) is 0 Å². The zero-order valence-electron chi connectivity index (χ0n) is 10.4. The lowest BCUT2D eigenvalue weighted by Crippen LogP contribution is -3.00. The molecule has 3 heteroatoms. The predicted molar refractivity (Wildman–Crippen MR) is 84.6 cm³/mol. The minimum atomic E-state index is -0.818.